The second kappa shape index (κ2) is 12.2. The lowest BCUT2D eigenvalue weighted by atomic mass is 10.1. The molecule has 6 heteroatoms. The van der Waals surface area contributed by atoms with Crippen molar-refractivity contribution in [2.45, 2.75) is 19.3 Å². The van der Waals surface area contributed by atoms with Crippen LogP contribution >= 0.6 is 0 Å². The van der Waals surface area contributed by atoms with Gasteiger partial charge in [-0.3, -0.25) is 0 Å². The Balaban J connectivity index is 1.55. The van der Waals surface area contributed by atoms with Crippen molar-refractivity contribution < 1.29 is 29.2 Å². The summed E-state index contributed by atoms with van der Waals surface area (Å²) in [5.41, 5.74) is 2.17. The molecule has 148 valence electrons. The van der Waals surface area contributed by atoms with Crippen molar-refractivity contribution in [2.24, 2.45) is 0 Å². The highest BCUT2D eigenvalue weighted by atomic mass is 16.7. The van der Waals surface area contributed by atoms with Crippen LogP contribution in [0.1, 0.15) is 17.5 Å². The van der Waals surface area contributed by atoms with E-state index in [-0.39, 0.29) is 18.3 Å². The molecule has 2 aromatic rings. The summed E-state index contributed by atoms with van der Waals surface area (Å²) in [7, 11) is 1.63. The van der Waals surface area contributed by atoms with Crippen LogP contribution < -0.4 is 4.74 Å². The summed E-state index contributed by atoms with van der Waals surface area (Å²) in [5.74, 6) is 0.599. The first kappa shape index (κ1) is 21.0. The Hall–Kier alpha value is -2.28. The maximum absolute atomic E-state index is 9.47. The molecule has 2 N–H and O–H groups in total. The molecule has 0 radical (unpaired) electrons. The largest absolute Gasteiger partial charge is 0.504 e. The SMILES string of the molecule is COCCOCOc1ccc(CCOCCCc2ccc(O)c(O)c2)cc1. The lowest BCUT2D eigenvalue weighted by Gasteiger charge is -2.08. The summed E-state index contributed by atoms with van der Waals surface area (Å²) < 4.78 is 21.3. The molecule has 0 spiro atoms. The minimum Gasteiger partial charge on any atom is -0.504 e. The van der Waals surface area contributed by atoms with Gasteiger partial charge in [-0.2, -0.15) is 0 Å². The van der Waals surface area contributed by atoms with Crippen LogP contribution in [0.3, 0.4) is 0 Å². The molecule has 0 saturated carbocycles. The summed E-state index contributed by atoms with van der Waals surface area (Å²) >= 11 is 0. The predicted octanol–water partition coefficient (Wildman–Crippen LogP) is 3.29. The van der Waals surface area contributed by atoms with Gasteiger partial charge in [0.05, 0.1) is 19.8 Å². The van der Waals surface area contributed by atoms with Crippen molar-refractivity contribution in [3.05, 3.63) is 53.6 Å². The van der Waals surface area contributed by atoms with Gasteiger partial charge in [0.1, 0.15) is 5.75 Å². The quantitative estimate of drug-likeness (QED) is 0.317. The fourth-order valence-electron chi connectivity index (χ4n) is 2.46. The summed E-state index contributed by atoms with van der Waals surface area (Å²) in [6, 6.07) is 12.8. The zero-order valence-corrected chi connectivity index (χ0v) is 15.7. The van der Waals surface area contributed by atoms with Crippen LogP contribution in [0.25, 0.3) is 0 Å². The van der Waals surface area contributed by atoms with Gasteiger partial charge in [-0.1, -0.05) is 18.2 Å². The number of rotatable bonds is 13. The van der Waals surface area contributed by atoms with E-state index in [1.54, 1.807) is 19.2 Å². The second-order valence-corrected chi connectivity index (χ2v) is 6.10. The second-order valence-electron chi connectivity index (χ2n) is 6.10. The Morgan fingerprint density at radius 1 is 0.741 bits per heavy atom. The molecule has 0 saturated heterocycles. The van der Waals surface area contributed by atoms with E-state index >= 15 is 0 Å². The predicted molar refractivity (Wildman–Crippen MR) is 102 cm³/mol. The lowest BCUT2D eigenvalue weighted by Crippen LogP contribution is -2.07. The minimum atomic E-state index is -0.0926. The number of phenols is 2. The van der Waals surface area contributed by atoms with E-state index in [0.717, 1.165) is 30.6 Å². The van der Waals surface area contributed by atoms with Crippen molar-refractivity contribution in [1.82, 2.24) is 0 Å². The smallest absolute Gasteiger partial charge is 0.189 e. The van der Waals surface area contributed by atoms with Gasteiger partial charge >= 0.3 is 0 Å². The van der Waals surface area contributed by atoms with Crippen molar-refractivity contribution in [2.75, 3.05) is 40.3 Å². The van der Waals surface area contributed by atoms with Crippen molar-refractivity contribution in [3.8, 4) is 17.2 Å². The molecule has 0 amide bonds. The molecular weight excluding hydrogens is 348 g/mol. The van der Waals surface area contributed by atoms with Crippen LogP contribution in [0.4, 0.5) is 0 Å². The maximum Gasteiger partial charge on any atom is 0.189 e. The Morgan fingerprint density at radius 2 is 1.52 bits per heavy atom. The number of benzene rings is 2. The molecule has 0 aliphatic heterocycles. The number of aryl methyl sites for hydroxylation is 1. The molecule has 0 atom stereocenters. The molecule has 0 unspecified atom stereocenters. The molecule has 0 aliphatic rings. The van der Waals surface area contributed by atoms with Gasteiger partial charge in [0.25, 0.3) is 0 Å². The summed E-state index contributed by atoms with van der Waals surface area (Å²) in [6.07, 6.45) is 2.50. The lowest BCUT2D eigenvalue weighted by molar-refractivity contribution is -0.00848. The molecule has 0 fully saturated rings. The third-order valence-corrected chi connectivity index (χ3v) is 3.99. The van der Waals surface area contributed by atoms with E-state index < -0.39 is 0 Å². The Labute approximate surface area is 160 Å². The summed E-state index contributed by atoms with van der Waals surface area (Å²) in [5, 5.41) is 18.8. The summed E-state index contributed by atoms with van der Waals surface area (Å²) in [4.78, 5) is 0. The van der Waals surface area contributed by atoms with Gasteiger partial charge in [-0.15, -0.1) is 0 Å². The molecule has 2 rings (SSSR count). The molecular formula is C21H28O6. The number of hydrogen-bond donors (Lipinski definition) is 2. The van der Waals surface area contributed by atoms with Gasteiger partial charge < -0.3 is 29.2 Å². The average Bonchev–Trinajstić information content (AvgIpc) is 2.68. The Kier molecular flexibility index (Phi) is 9.48. The van der Waals surface area contributed by atoms with Crippen LogP contribution in [-0.2, 0) is 27.1 Å². The number of ether oxygens (including phenoxy) is 4. The van der Waals surface area contributed by atoms with Gasteiger partial charge in [-0.05, 0) is 54.7 Å². The normalized spacial score (nSPS) is 10.9. The maximum atomic E-state index is 9.47. The van der Waals surface area contributed by atoms with Crippen LogP contribution in [0.2, 0.25) is 0 Å². The molecule has 2 aromatic carbocycles. The first-order valence-electron chi connectivity index (χ1n) is 9.06. The van der Waals surface area contributed by atoms with Crippen molar-refractivity contribution in [1.29, 1.82) is 0 Å². The number of methoxy groups -OCH3 is 1. The highest BCUT2D eigenvalue weighted by Crippen LogP contribution is 2.25. The minimum absolute atomic E-state index is 0.0811. The van der Waals surface area contributed by atoms with Gasteiger partial charge in [0.15, 0.2) is 18.3 Å². The zero-order chi connectivity index (χ0) is 19.3. The van der Waals surface area contributed by atoms with Crippen LogP contribution in [0, 0.1) is 0 Å². The highest BCUT2D eigenvalue weighted by Gasteiger charge is 2.01. The van der Waals surface area contributed by atoms with Gasteiger partial charge in [0.2, 0.25) is 0 Å². The number of hydrogen-bond acceptors (Lipinski definition) is 6. The molecule has 0 heterocycles. The monoisotopic (exact) mass is 376 g/mol. The van der Waals surface area contributed by atoms with Crippen LogP contribution in [-0.4, -0.2) is 50.5 Å². The van der Waals surface area contributed by atoms with E-state index in [4.69, 9.17) is 18.9 Å². The van der Waals surface area contributed by atoms with Gasteiger partial charge in [-0.25, -0.2) is 0 Å². The molecule has 0 aliphatic carbocycles. The third kappa shape index (κ3) is 8.30. The van der Waals surface area contributed by atoms with E-state index in [1.807, 2.05) is 24.3 Å². The first-order valence-corrected chi connectivity index (χ1v) is 9.06. The molecule has 27 heavy (non-hydrogen) atoms. The van der Waals surface area contributed by atoms with Crippen LogP contribution in [0.15, 0.2) is 42.5 Å². The van der Waals surface area contributed by atoms with Crippen molar-refractivity contribution in [3.63, 3.8) is 0 Å². The van der Waals surface area contributed by atoms with Crippen molar-refractivity contribution >= 4 is 0 Å². The van der Waals surface area contributed by atoms with Crippen LogP contribution in [0.5, 0.6) is 17.2 Å². The number of phenolic OH excluding ortho intramolecular Hbond substituents is 2. The Morgan fingerprint density at radius 3 is 2.26 bits per heavy atom. The molecule has 0 bridgehead atoms. The standard InChI is InChI=1S/C21H28O6/c1-24-13-14-26-16-27-19-7-4-17(5-8-19)10-12-25-11-2-3-18-6-9-20(22)21(23)15-18/h4-9,15,22-23H,2-3,10-14,16H2,1H3. The average molecular weight is 376 g/mol. The van der Waals surface area contributed by atoms with E-state index in [0.29, 0.717) is 26.4 Å². The molecule has 0 aromatic heterocycles. The van der Waals surface area contributed by atoms with E-state index in [2.05, 4.69) is 0 Å². The topological polar surface area (TPSA) is 77.4 Å². The van der Waals surface area contributed by atoms with E-state index in [9.17, 15) is 10.2 Å². The fraction of sp³-hybridized carbons (Fsp3) is 0.429. The Bertz CT molecular complexity index is 656. The van der Waals surface area contributed by atoms with Gasteiger partial charge in [0, 0.05) is 13.7 Å². The zero-order valence-electron chi connectivity index (χ0n) is 15.7. The third-order valence-electron chi connectivity index (χ3n) is 3.99. The number of aromatic hydroxyl groups is 2. The van der Waals surface area contributed by atoms with E-state index in [1.165, 1.54) is 11.6 Å². The molecule has 6 nitrogen and oxygen atoms in total. The highest BCUT2D eigenvalue weighted by molar-refractivity contribution is 5.40. The fourth-order valence-corrected chi connectivity index (χ4v) is 2.46. The summed E-state index contributed by atoms with van der Waals surface area (Å²) in [6.45, 7) is 2.59. The first-order chi connectivity index (χ1) is 13.2.